The highest BCUT2D eigenvalue weighted by Crippen LogP contribution is 2.39. The van der Waals surface area contributed by atoms with Crippen LogP contribution in [0.4, 0.5) is 0 Å². The van der Waals surface area contributed by atoms with Gasteiger partial charge < -0.3 is 5.32 Å². The lowest BCUT2D eigenvalue weighted by Crippen LogP contribution is -2.34. The van der Waals surface area contributed by atoms with Crippen molar-refractivity contribution in [2.24, 2.45) is 23.7 Å². The van der Waals surface area contributed by atoms with E-state index in [-0.39, 0.29) is 0 Å². The Morgan fingerprint density at radius 3 is 2.60 bits per heavy atom. The van der Waals surface area contributed by atoms with Crippen molar-refractivity contribution in [2.45, 2.75) is 39.5 Å². The summed E-state index contributed by atoms with van der Waals surface area (Å²) in [5.74, 6) is 3.40. The van der Waals surface area contributed by atoms with Gasteiger partial charge in [-0.1, -0.05) is 48.0 Å². The van der Waals surface area contributed by atoms with E-state index in [4.69, 9.17) is 0 Å². The minimum absolute atomic E-state index is 0.822. The summed E-state index contributed by atoms with van der Waals surface area (Å²) < 4.78 is 1.27. The van der Waals surface area contributed by atoms with Crippen LogP contribution in [0.25, 0.3) is 0 Å². The largest absolute Gasteiger partial charge is 0.319 e. The standard InChI is InChI=1S/C18H28BrN/c1-13(2)14-8-9-16(12-20-3)17(10-14)11-15-6-4-5-7-18(15)19/h4-7,13-14,16-17,20H,8-12H2,1-3H3. The molecule has 1 fully saturated rings. The van der Waals surface area contributed by atoms with Gasteiger partial charge in [0.1, 0.15) is 0 Å². The van der Waals surface area contributed by atoms with Gasteiger partial charge >= 0.3 is 0 Å². The fourth-order valence-electron chi connectivity index (χ4n) is 3.70. The molecule has 112 valence electrons. The van der Waals surface area contributed by atoms with E-state index in [1.54, 1.807) is 0 Å². The Kier molecular flexibility index (Phi) is 6.10. The molecule has 1 aromatic carbocycles. The molecule has 1 aromatic rings. The van der Waals surface area contributed by atoms with Gasteiger partial charge in [0.05, 0.1) is 0 Å². The van der Waals surface area contributed by atoms with Crippen molar-refractivity contribution < 1.29 is 0 Å². The molecule has 1 aliphatic carbocycles. The van der Waals surface area contributed by atoms with Crippen LogP contribution in [0.3, 0.4) is 0 Å². The minimum atomic E-state index is 0.822. The van der Waals surface area contributed by atoms with Crippen LogP contribution in [-0.4, -0.2) is 13.6 Å². The highest BCUT2D eigenvalue weighted by atomic mass is 79.9. The number of hydrogen-bond acceptors (Lipinski definition) is 1. The molecule has 1 N–H and O–H groups in total. The van der Waals surface area contributed by atoms with Gasteiger partial charge in [-0.05, 0) is 74.6 Å². The molecular weight excluding hydrogens is 310 g/mol. The second-order valence-electron chi connectivity index (χ2n) is 6.69. The van der Waals surface area contributed by atoms with E-state index in [9.17, 15) is 0 Å². The molecule has 0 spiro atoms. The molecule has 1 nitrogen and oxygen atoms in total. The average molecular weight is 338 g/mol. The molecule has 0 saturated heterocycles. The van der Waals surface area contributed by atoms with Crippen LogP contribution in [0, 0.1) is 23.7 Å². The van der Waals surface area contributed by atoms with Crippen molar-refractivity contribution in [3.05, 3.63) is 34.3 Å². The Bertz CT molecular complexity index is 416. The lowest BCUT2D eigenvalue weighted by atomic mass is 9.69. The monoisotopic (exact) mass is 337 g/mol. The zero-order chi connectivity index (χ0) is 14.5. The zero-order valence-corrected chi connectivity index (χ0v) is 14.6. The number of benzene rings is 1. The topological polar surface area (TPSA) is 12.0 Å². The third-order valence-corrected chi connectivity index (χ3v) is 5.80. The lowest BCUT2D eigenvalue weighted by Gasteiger charge is -2.38. The summed E-state index contributed by atoms with van der Waals surface area (Å²) in [7, 11) is 2.09. The maximum atomic E-state index is 3.71. The van der Waals surface area contributed by atoms with Crippen molar-refractivity contribution in [3.8, 4) is 0 Å². The molecule has 0 aliphatic heterocycles. The number of halogens is 1. The maximum absolute atomic E-state index is 3.71. The molecule has 2 heteroatoms. The van der Waals surface area contributed by atoms with E-state index in [1.165, 1.54) is 42.3 Å². The molecule has 1 aliphatic rings. The fraction of sp³-hybridized carbons (Fsp3) is 0.667. The first-order valence-electron chi connectivity index (χ1n) is 7.99. The molecule has 20 heavy (non-hydrogen) atoms. The Morgan fingerprint density at radius 2 is 1.95 bits per heavy atom. The van der Waals surface area contributed by atoms with Crippen molar-refractivity contribution in [2.75, 3.05) is 13.6 Å². The molecule has 3 atom stereocenters. The fourth-order valence-corrected chi connectivity index (χ4v) is 4.14. The molecule has 1 saturated carbocycles. The first kappa shape index (κ1) is 16.0. The minimum Gasteiger partial charge on any atom is -0.319 e. The quantitative estimate of drug-likeness (QED) is 0.805. The van der Waals surface area contributed by atoms with Crippen LogP contribution < -0.4 is 5.32 Å². The molecule has 2 rings (SSSR count). The highest BCUT2D eigenvalue weighted by molar-refractivity contribution is 9.10. The predicted molar refractivity (Wildman–Crippen MR) is 90.9 cm³/mol. The summed E-state index contributed by atoms with van der Waals surface area (Å²) in [6, 6.07) is 8.72. The number of nitrogens with one attached hydrogen (secondary N) is 1. The van der Waals surface area contributed by atoms with Crippen LogP contribution in [0.15, 0.2) is 28.7 Å². The second-order valence-corrected chi connectivity index (χ2v) is 7.54. The van der Waals surface area contributed by atoms with Crippen molar-refractivity contribution in [1.82, 2.24) is 5.32 Å². The number of hydrogen-bond donors (Lipinski definition) is 1. The smallest absolute Gasteiger partial charge is 0.0207 e. The SMILES string of the molecule is CNCC1CCC(C(C)C)CC1Cc1ccccc1Br. The Balaban J connectivity index is 2.09. The normalized spacial score (nSPS) is 26.9. The third kappa shape index (κ3) is 4.08. The predicted octanol–water partition coefficient (Wildman–Crippen LogP) is 4.90. The van der Waals surface area contributed by atoms with Crippen LogP contribution in [0.1, 0.15) is 38.7 Å². The second kappa shape index (κ2) is 7.61. The summed E-state index contributed by atoms with van der Waals surface area (Å²) in [4.78, 5) is 0. The summed E-state index contributed by atoms with van der Waals surface area (Å²) in [5, 5.41) is 3.40. The molecule has 0 heterocycles. The lowest BCUT2D eigenvalue weighted by molar-refractivity contribution is 0.146. The van der Waals surface area contributed by atoms with E-state index in [0.29, 0.717) is 0 Å². The Morgan fingerprint density at radius 1 is 1.20 bits per heavy atom. The summed E-state index contributed by atoms with van der Waals surface area (Å²) in [6.07, 6.45) is 5.41. The van der Waals surface area contributed by atoms with Gasteiger partial charge in [-0.25, -0.2) is 0 Å². The van der Waals surface area contributed by atoms with Gasteiger partial charge in [-0.2, -0.15) is 0 Å². The molecule has 0 bridgehead atoms. The van der Waals surface area contributed by atoms with Gasteiger partial charge in [-0.3, -0.25) is 0 Å². The van der Waals surface area contributed by atoms with Gasteiger partial charge in [-0.15, -0.1) is 0 Å². The molecule has 0 aromatic heterocycles. The van der Waals surface area contributed by atoms with E-state index >= 15 is 0 Å². The molecular formula is C18H28BrN. The third-order valence-electron chi connectivity index (χ3n) is 5.03. The van der Waals surface area contributed by atoms with Gasteiger partial charge in [0.25, 0.3) is 0 Å². The first-order valence-corrected chi connectivity index (χ1v) is 8.79. The van der Waals surface area contributed by atoms with Crippen molar-refractivity contribution >= 4 is 15.9 Å². The van der Waals surface area contributed by atoms with Crippen molar-refractivity contribution in [3.63, 3.8) is 0 Å². The van der Waals surface area contributed by atoms with Crippen LogP contribution in [-0.2, 0) is 6.42 Å². The highest BCUT2D eigenvalue weighted by Gasteiger charge is 2.31. The van der Waals surface area contributed by atoms with E-state index in [2.05, 4.69) is 66.4 Å². The van der Waals surface area contributed by atoms with Gasteiger partial charge in [0.15, 0.2) is 0 Å². The molecule has 0 amide bonds. The average Bonchev–Trinajstić information content (AvgIpc) is 2.43. The van der Waals surface area contributed by atoms with E-state index in [1.807, 2.05) is 0 Å². The van der Waals surface area contributed by atoms with E-state index < -0.39 is 0 Å². The summed E-state index contributed by atoms with van der Waals surface area (Å²) >= 11 is 3.71. The summed E-state index contributed by atoms with van der Waals surface area (Å²) in [6.45, 7) is 5.94. The van der Waals surface area contributed by atoms with Gasteiger partial charge in [0.2, 0.25) is 0 Å². The maximum Gasteiger partial charge on any atom is 0.0207 e. The Labute approximate surface area is 132 Å². The molecule has 3 unspecified atom stereocenters. The Hall–Kier alpha value is -0.340. The van der Waals surface area contributed by atoms with Gasteiger partial charge in [0, 0.05) is 4.47 Å². The van der Waals surface area contributed by atoms with E-state index in [0.717, 1.165) is 23.7 Å². The van der Waals surface area contributed by atoms with Crippen LogP contribution >= 0.6 is 15.9 Å². The number of rotatable bonds is 5. The van der Waals surface area contributed by atoms with Crippen molar-refractivity contribution in [1.29, 1.82) is 0 Å². The van der Waals surface area contributed by atoms with Crippen LogP contribution in [0.5, 0.6) is 0 Å². The van der Waals surface area contributed by atoms with Crippen LogP contribution in [0.2, 0.25) is 0 Å². The summed E-state index contributed by atoms with van der Waals surface area (Å²) in [5.41, 5.74) is 1.48. The molecule has 0 radical (unpaired) electrons. The first-order chi connectivity index (χ1) is 9.61. The zero-order valence-electron chi connectivity index (χ0n) is 13.0.